The first-order valence-electron chi connectivity index (χ1n) is 6.94. The lowest BCUT2D eigenvalue weighted by molar-refractivity contribution is -0.387. The SMILES string of the molecule is CSc1ccc(C(=O)Nc2cc(Cl)ccc2N(C)C)cc1[N+](=O)[O-]. The van der Waals surface area contributed by atoms with Crippen LogP contribution in [-0.2, 0) is 0 Å². The highest BCUT2D eigenvalue weighted by atomic mass is 35.5. The van der Waals surface area contributed by atoms with Crippen molar-refractivity contribution in [1.29, 1.82) is 0 Å². The first-order chi connectivity index (χ1) is 11.3. The zero-order chi connectivity index (χ0) is 17.9. The van der Waals surface area contributed by atoms with Crippen LogP contribution in [0.3, 0.4) is 0 Å². The fourth-order valence-corrected chi connectivity index (χ4v) is 2.89. The average molecular weight is 366 g/mol. The molecule has 1 N–H and O–H groups in total. The Morgan fingerprint density at radius 2 is 1.96 bits per heavy atom. The lowest BCUT2D eigenvalue weighted by atomic mass is 10.1. The summed E-state index contributed by atoms with van der Waals surface area (Å²) in [6.07, 6.45) is 1.75. The molecule has 126 valence electrons. The molecule has 0 saturated carbocycles. The second-order valence-corrected chi connectivity index (χ2v) is 6.44. The molecule has 0 unspecified atom stereocenters. The molecule has 0 fully saturated rings. The molecular weight excluding hydrogens is 350 g/mol. The number of nitro benzene ring substituents is 1. The molecule has 2 rings (SSSR count). The van der Waals surface area contributed by atoms with Gasteiger partial charge in [0.1, 0.15) is 0 Å². The number of halogens is 1. The maximum absolute atomic E-state index is 12.5. The Kier molecular flexibility index (Phi) is 5.69. The Labute approximate surface area is 148 Å². The van der Waals surface area contributed by atoms with Crippen molar-refractivity contribution in [3.8, 4) is 0 Å². The number of thioether (sulfide) groups is 1. The lowest BCUT2D eigenvalue weighted by Gasteiger charge is -2.18. The third-order valence-corrected chi connectivity index (χ3v) is 4.35. The van der Waals surface area contributed by atoms with E-state index in [0.29, 0.717) is 15.6 Å². The van der Waals surface area contributed by atoms with E-state index in [9.17, 15) is 14.9 Å². The fourth-order valence-electron chi connectivity index (χ4n) is 2.17. The van der Waals surface area contributed by atoms with Crippen LogP contribution < -0.4 is 10.2 Å². The molecule has 0 aliphatic rings. The Balaban J connectivity index is 2.36. The third kappa shape index (κ3) is 3.98. The normalized spacial score (nSPS) is 10.3. The van der Waals surface area contributed by atoms with Crippen molar-refractivity contribution in [2.75, 3.05) is 30.6 Å². The number of nitrogens with zero attached hydrogens (tertiary/aromatic N) is 2. The Hall–Kier alpha value is -2.25. The minimum atomic E-state index is -0.493. The van der Waals surface area contributed by atoms with Crippen LogP contribution in [0, 0.1) is 10.1 Å². The summed E-state index contributed by atoms with van der Waals surface area (Å²) < 4.78 is 0. The number of nitrogens with one attached hydrogen (secondary N) is 1. The maximum Gasteiger partial charge on any atom is 0.283 e. The molecule has 0 heterocycles. The Morgan fingerprint density at radius 1 is 1.25 bits per heavy atom. The van der Waals surface area contributed by atoms with Crippen LogP contribution in [0.25, 0.3) is 0 Å². The quantitative estimate of drug-likeness (QED) is 0.486. The molecule has 6 nitrogen and oxygen atoms in total. The average Bonchev–Trinajstić information content (AvgIpc) is 2.53. The smallest absolute Gasteiger partial charge is 0.283 e. The van der Waals surface area contributed by atoms with E-state index in [0.717, 1.165) is 5.69 Å². The van der Waals surface area contributed by atoms with Crippen LogP contribution in [0.5, 0.6) is 0 Å². The lowest BCUT2D eigenvalue weighted by Crippen LogP contribution is -2.17. The molecule has 2 aromatic rings. The summed E-state index contributed by atoms with van der Waals surface area (Å²) in [6.45, 7) is 0. The van der Waals surface area contributed by atoms with Gasteiger partial charge in [0.25, 0.3) is 11.6 Å². The molecule has 0 aliphatic heterocycles. The van der Waals surface area contributed by atoms with E-state index >= 15 is 0 Å². The molecule has 8 heteroatoms. The van der Waals surface area contributed by atoms with Crippen molar-refractivity contribution in [3.63, 3.8) is 0 Å². The van der Waals surface area contributed by atoms with Crippen molar-refractivity contribution >= 4 is 46.3 Å². The molecule has 0 atom stereocenters. The highest BCUT2D eigenvalue weighted by Crippen LogP contribution is 2.30. The van der Waals surface area contributed by atoms with Gasteiger partial charge < -0.3 is 10.2 Å². The molecule has 0 aromatic heterocycles. The van der Waals surface area contributed by atoms with E-state index in [1.54, 1.807) is 36.6 Å². The van der Waals surface area contributed by atoms with Crippen molar-refractivity contribution in [3.05, 3.63) is 57.1 Å². The van der Waals surface area contributed by atoms with Crippen LogP contribution in [0.1, 0.15) is 10.4 Å². The zero-order valence-electron chi connectivity index (χ0n) is 13.4. The Bertz CT molecular complexity index is 796. The van der Waals surface area contributed by atoms with Crippen LogP contribution in [0.4, 0.5) is 17.1 Å². The van der Waals surface area contributed by atoms with Crippen LogP contribution in [0.2, 0.25) is 5.02 Å². The number of benzene rings is 2. The molecular formula is C16H16ClN3O3S. The van der Waals surface area contributed by atoms with E-state index in [4.69, 9.17) is 11.6 Å². The number of carbonyl (C=O) groups is 1. The summed E-state index contributed by atoms with van der Waals surface area (Å²) in [5, 5.41) is 14.4. The molecule has 0 spiro atoms. The van der Waals surface area contributed by atoms with E-state index in [2.05, 4.69) is 5.32 Å². The predicted molar refractivity (Wildman–Crippen MR) is 98.6 cm³/mol. The van der Waals surface area contributed by atoms with Gasteiger partial charge in [-0.15, -0.1) is 11.8 Å². The van der Waals surface area contributed by atoms with Gasteiger partial charge in [-0.05, 0) is 36.6 Å². The van der Waals surface area contributed by atoms with E-state index < -0.39 is 10.8 Å². The zero-order valence-corrected chi connectivity index (χ0v) is 14.9. The summed E-state index contributed by atoms with van der Waals surface area (Å²) in [7, 11) is 3.69. The van der Waals surface area contributed by atoms with Gasteiger partial charge in [0.2, 0.25) is 0 Å². The van der Waals surface area contributed by atoms with E-state index in [1.807, 2.05) is 19.0 Å². The topological polar surface area (TPSA) is 75.5 Å². The predicted octanol–water partition coefficient (Wildman–Crippen LogP) is 4.29. The van der Waals surface area contributed by atoms with E-state index in [-0.39, 0.29) is 11.3 Å². The van der Waals surface area contributed by atoms with Gasteiger partial charge in [-0.3, -0.25) is 14.9 Å². The first-order valence-corrected chi connectivity index (χ1v) is 8.54. The third-order valence-electron chi connectivity index (χ3n) is 3.33. The van der Waals surface area contributed by atoms with Crippen LogP contribution in [0.15, 0.2) is 41.3 Å². The fraction of sp³-hybridized carbons (Fsp3) is 0.188. The van der Waals surface area contributed by atoms with Crippen LogP contribution in [-0.4, -0.2) is 31.2 Å². The minimum absolute atomic E-state index is 0.0888. The second-order valence-electron chi connectivity index (χ2n) is 5.15. The summed E-state index contributed by atoms with van der Waals surface area (Å²) in [4.78, 5) is 25.5. The summed E-state index contributed by atoms with van der Waals surface area (Å²) in [5.74, 6) is -0.434. The Morgan fingerprint density at radius 3 is 2.54 bits per heavy atom. The number of carbonyl (C=O) groups excluding carboxylic acids is 1. The molecule has 0 bridgehead atoms. The van der Waals surface area contributed by atoms with Gasteiger partial charge >= 0.3 is 0 Å². The second kappa shape index (κ2) is 7.55. The summed E-state index contributed by atoms with van der Waals surface area (Å²) in [6, 6.07) is 9.57. The number of nitro groups is 1. The standard InChI is InChI=1S/C16H16ClN3O3S/c1-19(2)13-6-5-11(17)9-12(13)18-16(21)10-4-7-15(24-3)14(8-10)20(22)23/h4-9H,1-3H3,(H,18,21). The first kappa shape index (κ1) is 18.1. The monoisotopic (exact) mass is 365 g/mol. The molecule has 1 amide bonds. The van der Waals surface area contributed by atoms with Crippen molar-refractivity contribution in [2.24, 2.45) is 0 Å². The van der Waals surface area contributed by atoms with Gasteiger partial charge in [0.05, 0.1) is 21.2 Å². The van der Waals surface area contributed by atoms with Gasteiger partial charge in [0.15, 0.2) is 0 Å². The summed E-state index contributed by atoms with van der Waals surface area (Å²) >= 11 is 7.25. The minimum Gasteiger partial charge on any atom is -0.376 e. The molecule has 2 aromatic carbocycles. The number of anilines is 2. The number of hydrogen-bond acceptors (Lipinski definition) is 5. The largest absolute Gasteiger partial charge is 0.376 e. The maximum atomic E-state index is 12.5. The van der Waals surface area contributed by atoms with Gasteiger partial charge in [-0.25, -0.2) is 0 Å². The highest BCUT2D eigenvalue weighted by molar-refractivity contribution is 7.98. The highest BCUT2D eigenvalue weighted by Gasteiger charge is 2.18. The van der Waals surface area contributed by atoms with Crippen molar-refractivity contribution in [1.82, 2.24) is 0 Å². The molecule has 0 aliphatic carbocycles. The molecule has 0 radical (unpaired) electrons. The summed E-state index contributed by atoms with van der Waals surface area (Å²) in [5.41, 5.74) is 1.44. The molecule has 24 heavy (non-hydrogen) atoms. The van der Waals surface area contributed by atoms with Crippen molar-refractivity contribution < 1.29 is 9.72 Å². The number of amides is 1. The van der Waals surface area contributed by atoms with Gasteiger partial charge in [-0.2, -0.15) is 0 Å². The van der Waals surface area contributed by atoms with Gasteiger partial charge in [-0.1, -0.05) is 11.6 Å². The molecule has 0 saturated heterocycles. The van der Waals surface area contributed by atoms with Crippen LogP contribution >= 0.6 is 23.4 Å². The van der Waals surface area contributed by atoms with Crippen molar-refractivity contribution in [2.45, 2.75) is 4.90 Å². The van der Waals surface area contributed by atoms with E-state index in [1.165, 1.54) is 17.8 Å². The number of hydrogen-bond donors (Lipinski definition) is 1. The van der Waals surface area contributed by atoms with Gasteiger partial charge in [0, 0.05) is 30.7 Å². The number of rotatable bonds is 5.